The number of hydrogen-bond acceptors (Lipinski definition) is 4. The van der Waals surface area contributed by atoms with Crippen molar-refractivity contribution in [3.05, 3.63) is 83.6 Å². The van der Waals surface area contributed by atoms with Gasteiger partial charge >= 0.3 is 0 Å². The molecule has 0 N–H and O–H groups in total. The second-order valence-electron chi connectivity index (χ2n) is 8.16. The summed E-state index contributed by atoms with van der Waals surface area (Å²) in [5.74, 6) is 0. The number of aryl methyl sites for hydroxylation is 3. The van der Waals surface area contributed by atoms with Crippen molar-refractivity contribution in [1.82, 2.24) is 9.97 Å². The Morgan fingerprint density at radius 2 is 1.61 bits per heavy atom. The van der Waals surface area contributed by atoms with Gasteiger partial charge in [0.25, 0.3) is 0 Å². The first-order valence-corrected chi connectivity index (χ1v) is 11.2. The maximum atomic E-state index is 6.18. The summed E-state index contributed by atoms with van der Waals surface area (Å²) in [4.78, 5) is 10.8. The summed E-state index contributed by atoms with van der Waals surface area (Å²) in [6, 6.07) is 23.5. The quantitative estimate of drug-likeness (QED) is 0.286. The average molecular weight is 421 g/mol. The number of nitrogens with zero attached hydrogens (tertiary/aromatic N) is 2. The highest BCUT2D eigenvalue weighted by Gasteiger charge is 2.15. The van der Waals surface area contributed by atoms with Gasteiger partial charge in [-0.2, -0.15) is 0 Å². The standard InChI is InChI=1S/C27H20N2OS/c1-15-11-16(2)13-18(12-15)25-14-23-24(31-25)10-9-22(29-23)21-6-4-5-19-20-8-7-17(3)28-27(20)30-26(19)21/h4-14H,1-3H3. The van der Waals surface area contributed by atoms with Gasteiger partial charge in [0.1, 0.15) is 5.58 Å². The zero-order valence-corrected chi connectivity index (χ0v) is 18.4. The van der Waals surface area contributed by atoms with Gasteiger partial charge in [0.15, 0.2) is 0 Å². The van der Waals surface area contributed by atoms with Crippen molar-refractivity contribution in [3.63, 3.8) is 0 Å². The Morgan fingerprint density at radius 3 is 2.45 bits per heavy atom. The summed E-state index contributed by atoms with van der Waals surface area (Å²) in [6.45, 7) is 6.27. The topological polar surface area (TPSA) is 38.9 Å². The van der Waals surface area contributed by atoms with Crippen LogP contribution in [-0.2, 0) is 0 Å². The van der Waals surface area contributed by atoms with Crippen LogP contribution in [-0.4, -0.2) is 9.97 Å². The van der Waals surface area contributed by atoms with E-state index in [9.17, 15) is 0 Å². The van der Waals surface area contributed by atoms with Gasteiger partial charge in [0.2, 0.25) is 5.71 Å². The molecule has 0 saturated heterocycles. The molecule has 0 unspecified atom stereocenters. The molecule has 2 aromatic carbocycles. The largest absolute Gasteiger partial charge is 0.437 e. The maximum Gasteiger partial charge on any atom is 0.227 e. The summed E-state index contributed by atoms with van der Waals surface area (Å²) in [5.41, 5.74) is 9.20. The van der Waals surface area contributed by atoms with Crippen LogP contribution in [0, 0.1) is 20.8 Å². The molecule has 4 aromatic heterocycles. The molecule has 0 saturated carbocycles. The fraction of sp³-hybridized carbons (Fsp3) is 0.111. The molecule has 150 valence electrons. The lowest BCUT2D eigenvalue weighted by atomic mass is 10.1. The molecule has 0 amide bonds. The van der Waals surface area contributed by atoms with Crippen LogP contribution in [0.25, 0.3) is 54.0 Å². The van der Waals surface area contributed by atoms with Crippen LogP contribution in [0.1, 0.15) is 16.8 Å². The van der Waals surface area contributed by atoms with Gasteiger partial charge < -0.3 is 4.42 Å². The van der Waals surface area contributed by atoms with Gasteiger partial charge in [-0.05, 0) is 62.7 Å². The Hall–Kier alpha value is -3.50. The molecule has 0 spiro atoms. The molecule has 0 bridgehead atoms. The molecule has 0 fully saturated rings. The third kappa shape index (κ3) is 3.03. The summed E-state index contributed by atoms with van der Waals surface area (Å²) < 4.78 is 7.37. The van der Waals surface area contributed by atoms with Gasteiger partial charge in [-0.15, -0.1) is 11.3 Å². The molecular weight excluding hydrogens is 400 g/mol. The maximum absolute atomic E-state index is 6.18. The number of aromatic nitrogens is 2. The number of hydrogen-bond donors (Lipinski definition) is 0. The minimum absolute atomic E-state index is 0.677. The summed E-state index contributed by atoms with van der Waals surface area (Å²) in [7, 11) is 0. The number of furan rings is 1. The van der Waals surface area contributed by atoms with Gasteiger partial charge in [-0.3, -0.25) is 0 Å². The van der Waals surface area contributed by atoms with E-state index in [0.717, 1.165) is 38.8 Å². The summed E-state index contributed by atoms with van der Waals surface area (Å²) in [5, 5.41) is 2.11. The number of fused-ring (bicyclic) bond motifs is 4. The molecular formula is C27H20N2OS. The minimum atomic E-state index is 0.677. The third-order valence-electron chi connectivity index (χ3n) is 5.66. The lowest BCUT2D eigenvalue weighted by Gasteiger charge is -2.02. The van der Waals surface area contributed by atoms with Crippen LogP contribution in [0.2, 0.25) is 0 Å². The predicted octanol–water partition coefficient (Wildman–Crippen LogP) is 7.85. The molecule has 4 heterocycles. The average Bonchev–Trinajstić information content (AvgIpc) is 3.33. The highest BCUT2D eigenvalue weighted by Crippen LogP contribution is 2.38. The van der Waals surface area contributed by atoms with Crippen molar-refractivity contribution in [2.45, 2.75) is 20.8 Å². The van der Waals surface area contributed by atoms with Crippen LogP contribution in [0.15, 0.2) is 71.1 Å². The third-order valence-corrected chi connectivity index (χ3v) is 6.80. The highest BCUT2D eigenvalue weighted by atomic mass is 32.1. The number of pyridine rings is 2. The molecule has 0 radical (unpaired) electrons. The smallest absolute Gasteiger partial charge is 0.227 e. The Morgan fingerprint density at radius 1 is 0.774 bits per heavy atom. The number of rotatable bonds is 2. The van der Waals surface area contributed by atoms with Crippen molar-refractivity contribution in [1.29, 1.82) is 0 Å². The van der Waals surface area contributed by atoms with Crippen molar-refractivity contribution in [2.75, 3.05) is 0 Å². The zero-order valence-electron chi connectivity index (χ0n) is 17.6. The molecule has 0 atom stereocenters. The molecule has 0 aliphatic carbocycles. The lowest BCUT2D eigenvalue weighted by molar-refractivity contribution is 0.653. The first-order valence-electron chi connectivity index (χ1n) is 10.3. The van der Waals surface area contributed by atoms with Crippen LogP contribution < -0.4 is 0 Å². The normalized spacial score (nSPS) is 11.7. The molecule has 6 rings (SSSR count). The van der Waals surface area contributed by atoms with Crippen molar-refractivity contribution in [3.8, 4) is 21.7 Å². The number of benzene rings is 2. The van der Waals surface area contributed by atoms with Crippen molar-refractivity contribution >= 4 is 43.6 Å². The number of thiophene rings is 1. The molecule has 4 heteroatoms. The molecule has 31 heavy (non-hydrogen) atoms. The molecule has 0 aliphatic rings. The molecule has 3 nitrogen and oxygen atoms in total. The van der Waals surface area contributed by atoms with E-state index in [1.807, 2.05) is 13.0 Å². The van der Waals surface area contributed by atoms with E-state index >= 15 is 0 Å². The van der Waals surface area contributed by atoms with E-state index in [0.29, 0.717) is 5.71 Å². The summed E-state index contributed by atoms with van der Waals surface area (Å²) in [6.07, 6.45) is 0. The van der Waals surface area contributed by atoms with Gasteiger partial charge in [-0.1, -0.05) is 41.5 Å². The first kappa shape index (κ1) is 18.3. The van der Waals surface area contributed by atoms with Crippen LogP contribution >= 0.6 is 11.3 Å². The van der Waals surface area contributed by atoms with E-state index in [1.165, 1.54) is 26.3 Å². The Labute approximate surface area is 184 Å². The highest BCUT2D eigenvalue weighted by molar-refractivity contribution is 7.22. The first-order chi connectivity index (χ1) is 15.0. The van der Waals surface area contributed by atoms with Crippen LogP contribution in [0.3, 0.4) is 0 Å². The van der Waals surface area contributed by atoms with E-state index in [1.54, 1.807) is 11.3 Å². The van der Waals surface area contributed by atoms with E-state index in [4.69, 9.17) is 9.40 Å². The second kappa shape index (κ2) is 6.76. The summed E-state index contributed by atoms with van der Waals surface area (Å²) >= 11 is 1.78. The van der Waals surface area contributed by atoms with Crippen molar-refractivity contribution < 1.29 is 4.42 Å². The fourth-order valence-corrected chi connectivity index (χ4v) is 5.29. The van der Waals surface area contributed by atoms with Gasteiger partial charge in [-0.25, -0.2) is 9.97 Å². The monoisotopic (exact) mass is 420 g/mol. The minimum Gasteiger partial charge on any atom is -0.437 e. The van der Waals surface area contributed by atoms with E-state index in [2.05, 4.69) is 79.5 Å². The Bertz CT molecular complexity index is 1600. The Kier molecular flexibility index (Phi) is 3.99. The lowest BCUT2D eigenvalue weighted by Crippen LogP contribution is -1.83. The van der Waals surface area contributed by atoms with Crippen LogP contribution in [0.5, 0.6) is 0 Å². The predicted molar refractivity (Wildman–Crippen MR) is 130 cm³/mol. The van der Waals surface area contributed by atoms with Crippen molar-refractivity contribution in [2.24, 2.45) is 0 Å². The van der Waals surface area contributed by atoms with Crippen LogP contribution in [0.4, 0.5) is 0 Å². The SMILES string of the molecule is Cc1cc(C)cc(-c2cc3nc(-c4cccc5c4oc4nc(C)ccc45)ccc3s2)c1. The Balaban J connectivity index is 1.52. The van der Waals surface area contributed by atoms with Gasteiger partial charge in [0, 0.05) is 26.9 Å². The van der Waals surface area contributed by atoms with E-state index < -0.39 is 0 Å². The molecule has 0 aliphatic heterocycles. The van der Waals surface area contributed by atoms with E-state index in [-0.39, 0.29) is 0 Å². The van der Waals surface area contributed by atoms with Gasteiger partial charge in [0.05, 0.1) is 15.9 Å². The zero-order chi connectivity index (χ0) is 21.1. The molecule has 6 aromatic rings. The number of para-hydroxylation sites is 1. The fourth-order valence-electron chi connectivity index (χ4n) is 4.31. The second-order valence-corrected chi connectivity index (χ2v) is 9.24.